The first kappa shape index (κ1) is 14.8. The zero-order chi connectivity index (χ0) is 14.0. The molecule has 1 unspecified atom stereocenters. The van der Waals surface area contributed by atoms with Gasteiger partial charge in [0.2, 0.25) is 0 Å². The van der Waals surface area contributed by atoms with Crippen molar-refractivity contribution in [2.24, 2.45) is 5.92 Å². The highest BCUT2D eigenvalue weighted by Crippen LogP contribution is 2.36. The van der Waals surface area contributed by atoms with Crippen LogP contribution in [0.25, 0.3) is 0 Å². The van der Waals surface area contributed by atoms with Crippen LogP contribution in [0.4, 0.5) is 4.39 Å². The summed E-state index contributed by atoms with van der Waals surface area (Å²) in [6, 6.07) is 4.54. The third kappa shape index (κ3) is 3.28. The van der Waals surface area contributed by atoms with Crippen LogP contribution in [-0.4, -0.2) is 21.9 Å². The fourth-order valence-electron chi connectivity index (χ4n) is 2.70. The van der Waals surface area contributed by atoms with Crippen molar-refractivity contribution >= 4 is 11.6 Å². The van der Waals surface area contributed by atoms with Gasteiger partial charge in [0, 0.05) is 6.42 Å². The predicted molar refractivity (Wildman–Crippen MR) is 73.7 cm³/mol. The Kier molecular flexibility index (Phi) is 4.49. The van der Waals surface area contributed by atoms with Gasteiger partial charge >= 0.3 is 0 Å². The highest BCUT2D eigenvalue weighted by molar-refractivity contribution is 6.31. The quantitative estimate of drug-likeness (QED) is 0.895. The molecule has 0 radical (unpaired) electrons. The maximum atomic E-state index is 13.3. The molecule has 0 aromatic heterocycles. The first-order chi connectivity index (χ1) is 8.92. The van der Waals surface area contributed by atoms with E-state index in [4.69, 9.17) is 11.6 Å². The van der Waals surface area contributed by atoms with Crippen molar-refractivity contribution < 1.29 is 14.6 Å². The van der Waals surface area contributed by atoms with E-state index < -0.39 is 17.5 Å². The number of benzene rings is 1. The molecule has 19 heavy (non-hydrogen) atoms. The third-order valence-corrected chi connectivity index (χ3v) is 4.63. The van der Waals surface area contributed by atoms with Gasteiger partial charge in [-0.1, -0.05) is 30.7 Å². The van der Waals surface area contributed by atoms with Crippen molar-refractivity contribution in [1.82, 2.24) is 0 Å². The van der Waals surface area contributed by atoms with E-state index in [2.05, 4.69) is 6.92 Å². The van der Waals surface area contributed by atoms with Crippen LogP contribution >= 0.6 is 11.6 Å². The Morgan fingerprint density at radius 2 is 2.05 bits per heavy atom. The lowest BCUT2D eigenvalue weighted by Gasteiger charge is -2.38. The number of aliphatic hydroxyl groups excluding tert-OH is 1. The van der Waals surface area contributed by atoms with E-state index in [0.717, 1.165) is 12.8 Å². The molecule has 0 saturated heterocycles. The fourth-order valence-corrected chi connectivity index (χ4v) is 2.90. The average molecular weight is 287 g/mol. The molecule has 1 aromatic carbocycles. The summed E-state index contributed by atoms with van der Waals surface area (Å²) in [5, 5.41) is 20.8. The van der Waals surface area contributed by atoms with Gasteiger partial charge in [-0.25, -0.2) is 4.39 Å². The Morgan fingerprint density at radius 3 is 2.68 bits per heavy atom. The van der Waals surface area contributed by atoms with Crippen LogP contribution in [0.5, 0.6) is 0 Å². The van der Waals surface area contributed by atoms with E-state index in [9.17, 15) is 14.6 Å². The topological polar surface area (TPSA) is 40.5 Å². The van der Waals surface area contributed by atoms with E-state index in [1.165, 1.54) is 6.07 Å². The van der Waals surface area contributed by atoms with Gasteiger partial charge in [-0.05, 0) is 43.2 Å². The van der Waals surface area contributed by atoms with Gasteiger partial charge in [-0.3, -0.25) is 0 Å². The lowest BCUT2D eigenvalue weighted by atomic mass is 9.75. The van der Waals surface area contributed by atoms with Gasteiger partial charge in [-0.15, -0.1) is 0 Å². The molecule has 1 atom stereocenters. The highest BCUT2D eigenvalue weighted by atomic mass is 35.5. The smallest absolute Gasteiger partial charge is 0.142 e. The molecular weight excluding hydrogens is 267 g/mol. The fraction of sp³-hybridized carbons (Fsp3) is 0.600. The summed E-state index contributed by atoms with van der Waals surface area (Å²) in [6.07, 6.45) is 2.26. The van der Waals surface area contributed by atoms with Crippen LogP contribution in [0.15, 0.2) is 18.2 Å². The van der Waals surface area contributed by atoms with Crippen LogP contribution in [0, 0.1) is 11.7 Å². The lowest BCUT2D eigenvalue weighted by molar-refractivity contribution is -0.102. The number of hydrogen-bond acceptors (Lipinski definition) is 2. The molecule has 2 N–H and O–H groups in total. The zero-order valence-corrected chi connectivity index (χ0v) is 11.8. The second-order valence-electron chi connectivity index (χ2n) is 5.72. The molecule has 0 spiro atoms. The molecular formula is C15H20ClFO2. The minimum atomic E-state index is -1.07. The molecule has 0 aliphatic heterocycles. The Hall–Kier alpha value is -0.640. The molecule has 1 fully saturated rings. The number of aliphatic hydroxyl groups is 2. The Morgan fingerprint density at radius 1 is 1.42 bits per heavy atom. The van der Waals surface area contributed by atoms with Gasteiger partial charge < -0.3 is 10.2 Å². The van der Waals surface area contributed by atoms with E-state index in [0.29, 0.717) is 24.3 Å². The molecule has 1 aromatic rings. The summed E-state index contributed by atoms with van der Waals surface area (Å²) in [7, 11) is 0. The van der Waals surface area contributed by atoms with Crippen molar-refractivity contribution in [3.63, 3.8) is 0 Å². The van der Waals surface area contributed by atoms with Crippen molar-refractivity contribution in [2.75, 3.05) is 0 Å². The van der Waals surface area contributed by atoms with Crippen LogP contribution < -0.4 is 0 Å². The van der Waals surface area contributed by atoms with Crippen molar-refractivity contribution in [3.8, 4) is 0 Å². The molecule has 0 bridgehead atoms. The molecule has 0 amide bonds. The minimum absolute atomic E-state index is 0.0364. The predicted octanol–water partition coefficient (Wildman–Crippen LogP) is 3.32. The molecule has 1 aliphatic rings. The first-order valence-electron chi connectivity index (χ1n) is 6.76. The van der Waals surface area contributed by atoms with Crippen molar-refractivity contribution in [2.45, 2.75) is 50.7 Å². The molecule has 1 aliphatic carbocycles. The summed E-state index contributed by atoms with van der Waals surface area (Å²) in [6.45, 7) is 2.15. The molecule has 0 heterocycles. The monoisotopic (exact) mass is 286 g/mol. The summed E-state index contributed by atoms with van der Waals surface area (Å²) in [4.78, 5) is 0. The molecule has 1 saturated carbocycles. The van der Waals surface area contributed by atoms with Gasteiger partial charge in [0.15, 0.2) is 0 Å². The number of halogens is 2. The highest BCUT2D eigenvalue weighted by Gasteiger charge is 2.38. The summed E-state index contributed by atoms with van der Waals surface area (Å²) in [5.41, 5.74) is -0.525. The first-order valence-corrected chi connectivity index (χ1v) is 7.13. The second-order valence-corrected chi connectivity index (χ2v) is 6.10. The summed E-state index contributed by atoms with van der Waals surface area (Å²) in [5.74, 6) is 0.0980. The molecule has 2 nitrogen and oxygen atoms in total. The van der Waals surface area contributed by atoms with Crippen LogP contribution in [0.3, 0.4) is 0 Å². The van der Waals surface area contributed by atoms with Gasteiger partial charge in [0.05, 0.1) is 16.7 Å². The maximum Gasteiger partial charge on any atom is 0.142 e. The lowest BCUT2D eigenvalue weighted by Crippen LogP contribution is -2.46. The minimum Gasteiger partial charge on any atom is -0.390 e. The van der Waals surface area contributed by atoms with E-state index in [-0.39, 0.29) is 11.4 Å². The van der Waals surface area contributed by atoms with Crippen LogP contribution in [-0.2, 0) is 6.42 Å². The van der Waals surface area contributed by atoms with Gasteiger partial charge in [0.25, 0.3) is 0 Å². The SMILES string of the molecule is CC1CCC(O)(C(O)Cc2cccc(F)c2Cl)CC1. The third-order valence-electron chi connectivity index (χ3n) is 4.21. The van der Waals surface area contributed by atoms with Crippen LogP contribution in [0.2, 0.25) is 5.02 Å². The van der Waals surface area contributed by atoms with E-state index in [1.54, 1.807) is 12.1 Å². The largest absolute Gasteiger partial charge is 0.390 e. The van der Waals surface area contributed by atoms with Gasteiger partial charge in [0.1, 0.15) is 5.82 Å². The number of rotatable bonds is 3. The van der Waals surface area contributed by atoms with Crippen LogP contribution in [0.1, 0.15) is 38.2 Å². The Bertz CT molecular complexity index is 442. The second kappa shape index (κ2) is 5.78. The van der Waals surface area contributed by atoms with Gasteiger partial charge in [-0.2, -0.15) is 0 Å². The molecule has 4 heteroatoms. The van der Waals surface area contributed by atoms with E-state index >= 15 is 0 Å². The standard InChI is InChI=1S/C15H20ClFO2/c1-10-5-7-15(19,8-6-10)13(18)9-11-3-2-4-12(17)14(11)16/h2-4,10,13,18-19H,5-9H2,1H3. The van der Waals surface area contributed by atoms with E-state index in [1.807, 2.05) is 0 Å². The number of hydrogen-bond donors (Lipinski definition) is 2. The Balaban J connectivity index is 2.08. The zero-order valence-electron chi connectivity index (χ0n) is 11.1. The molecule has 2 rings (SSSR count). The summed E-state index contributed by atoms with van der Waals surface area (Å²) < 4.78 is 13.3. The summed E-state index contributed by atoms with van der Waals surface area (Å²) >= 11 is 5.88. The van der Waals surface area contributed by atoms with Crippen molar-refractivity contribution in [1.29, 1.82) is 0 Å². The van der Waals surface area contributed by atoms with Crippen molar-refractivity contribution in [3.05, 3.63) is 34.6 Å². The molecule has 106 valence electrons. The maximum absolute atomic E-state index is 13.3. The Labute approximate surface area is 118 Å². The normalized spacial score (nSPS) is 29.2. The average Bonchev–Trinajstić information content (AvgIpc) is 2.38.